The lowest BCUT2D eigenvalue weighted by molar-refractivity contribution is -0.120. The summed E-state index contributed by atoms with van der Waals surface area (Å²) in [6.07, 6.45) is 1.01. The molecule has 0 saturated heterocycles. The fourth-order valence-electron chi connectivity index (χ4n) is 2.26. The molecule has 2 aromatic carbocycles. The normalized spacial score (nSPS) is 10.2. The van der Waals surface area contributed by atoms with Crippen LogP contribution in [0.3, 0.4) is 0 Å². The van der Waals surface area contributed by atoms with Gasteiger partial charge in [-0.1, -0.05) is 23.7 Å². The molecule has 0 atom stereocenters. The minimum absolute atomic E-state index is 0.0564. The average molecular weight is 334 g/mol. The van der Waals surface area contributed by atoms with E-state index >= 15 is 0 Å². The van der Waals surface area contributed by atoms with E-state index in [1.54, 1.807) is 32.4 Å². The van der Waals surface area contributed by atoms with Gasteiger partial charge >= 0.3 is 0 Å². The molecule has 1 amide bonds. The van der Waals surface area contributed by atoms with E-state index in [0.717, 1.165) is 23.3 Å². The van der Waals surface area contributed by atoms with Crippen molar-refractivity contribution in [2.24, 2.45) is 0 Å². The molecule has 0 unspecified atom stereocenters. The van der Waals surface area contributed by atoms with Crippen LogP contribution in [-0.4, -0.2) is 26.7 Å². The molecule has 0 aliphatic carbocycles. The van der Waals surface area contributed by atoms with Crippen LogP contribution in [0.15, 0.2) is 42.5 Å². The number of benzene rings is 2. The molecule has 0 aliphatic heterocycles. The van der Waals surface area contributed by atoms with Crippen LogP contribution in [0.5, 0.6) is 11.5 Å². The molecule has 122 valence electrons. The van der Waals surface area contributed by atoms with Gasteiger partial charge in [-0.2, -0.15) is 0 Å². The Morgan fingerprint density at radius 2 is 1.83 bits per heavy atom. The van der Waals surface area contributed by atoms with Gasteiger partial charge in [0, 0.05) is 17.1 Å². The number of hydrogen-bond donors (Lipinski definition) is 1. The molecule has 0 bridgehead atoms. The van der Waals surface area contributed by atoms with Crippen molar-refractivity contribution in [2.75, 3.05) is 20.8 Å². The monoisotopic (exact) mass is 333 g/mol. The fraction of sp³-hybridized carbons (Fsp3) is 0.278. The summed E-state index contributed by atoms with van der Waals surface area (Å²) < 4.78 is 10.4. The molecule has 0 spiro atoms. The van der Waals surface area contributed by atoms with Gasteiger partial charge in [0.15, 0.2) is 0 Å². The van der Waals surface area contributed by atoms with Gasteiger partial charge in [0.1, 0.15) is 11.5 Å². The van der Waals surface area contributed by atoms with Crippen LogP contribution < -0.4 is 14.8 Å². The van der Waals surface area contributed by atoms with E-state index in [2.05, 4.69) is 5.32 Å². The predicted octanol–water partition coefficient (Wildman–Crippen LogP) is 3.26. The number of carbonyl (C=O) groups is 1. The molecule has 0 heterocycles. The van der Waals surface area contributed by atoms with Gasteiger partial charge in [-0.25, -0.2) is 0 Å². The standard InChI is InChI=1S/C18H20ClNO3/c1-22-16-6-3-13(4-7-16)9-10-20-18(21)12-14-11-15(19)5-8-17(14)23-2/h3-8,11H,9-10,12H2,1-2H3,(H,20,21). The number of hydrogen-bond acceptors (Lipinski definition) is 3. The van der Waals surface area contributed by atoms with Gasteiger partial charge < -0.3 is 14.8 Å². The van der Waals surface area contributed by atoms with Gasteiger partial charge in [-0.3, -0.25) is 4.79 Å². The maximum Gasteiger partial charge on any atom is 0.224 e. The smallest absolute Gasteiger partial charge is 0.224 e. The second kappa shape index (κ2) is 8.44. The van der Waals surface area contributed by atoms with Crippen LogP contribution >= 0.6 is 11.6 Å². The first kappa shape index (κ1) is 17.2. The molecule has 0 radical (unpaired) electrons. The second-order valence-electron chi connectivity index (χ2n) is 5.08. The van der Waals surface area contributed by atoms with E-state index in [1.165, 1.54) is 0 Å². The fourth-order valence-corrected chi connectivity index (χ4v) is 2.45. The molecule has 2 rings (SSSR count). The molecule has 0 saturated carbocycles. The van der Waals surface area contributed by atoms with Crippen LogP contribution in [0.4, 0.5) is 0 Å². The lowest BCUT2D eigenvalue weighted by Gasteiger charge is -2.10. The SMILES string of the molecule is COc1ccc(CCNC(=O)Cc2cc(Cl)ccc2OC)cc1. The number of amides is 1. The Balaban J connectivity index is 1.84. The third kappa shape index (κ3) is 5.18. The van der Waals surface area contributed by atoms with Gasteiger partial charge in [0.05, 0.1) is 20.6 Å². The van der Waals surface area contributed by atoms with E-state index in [0.29, 0.717) is 17.3 Å². The summed E-state index contributed by atoms with van der Waals surface area (Å²) in [6.45, 7) is 0.577. The second-order valence-corrected chi connectivity index (χ2v) is 5.52. The van der Waals surface area contributed by atoms with Crippen molar-refractivity contribution in [3.63, 3.8) is 0 Å². The number of nitrogens with one attached hydrogen (secondary N) is 1. The quantitative estimate of drug-likeness (QED) is 0.846. The summed E-state index contributed by atoms with van der Waals surface area (Å²) >= 11 is 5.97. The highest BCUT2D eigenvalue weighted by Crippen LogP contribution is 2.23. The first-order valence-electron chi connectivity index (χ1n) is 7.34. The number of ether oxygens (including phenoxy) is 2. The number of rotatable bonds is 7. The topological polar surface area (TPSA) is 47.6 Å². The van der Waals surface area contributed by atoms with Crippen molar-refractivity contribution in [2.45, 2.75) is 12.8 Å². The van der Waals surface area contributed by atoms with Gasteiger partial charge in [0.25, 0.3) is 0 Å². The van der Waals surface area contributed by atoms with Crippen molar-refractivity contribution < 1.29 is 14.3 Å². The number of methoxy groups -OCH3 is 2. The Hall–Kier alpha value is -2.20. The zero-order valence-electron chi connectivity index (χ0n) is 13.3. The third-order valence-electron chi connectivity index (χ3n) is 3.49. The van der Waals surface area contributed by atoms with Crippen LogP contribution in [0, 0.1) is 0 Å². The van der Waals surface area contributed by atoms with Crippen molar-refractivity contribution >= 4 is 17.5 Å². The van der Waals surface area contributed by atoms with Crippen LogP contribution in [0.1, 0.15) is 11.1 Å². The maximum atomic E-state index is 12.1. The molecule has 0 aromatic heterocycles. The third-order valence-corrected chi connectivity index (χ3v) is 3.72. The number of carbonyl (C=O) groups excluding carboxylic acids is 1. The Labute approximate surface area is 141 Å². The maximum absolute atomic E-state index is 12.1. The molecule has 1 N–H and O–H groups in total. The van der Waals surface area contributed by atoms with E-state index < -0.39 is 0 Å². The summed E-state index contributed by atoms with van der Waals surface area (Å²) in [7, 11) is 3.22. The highest BCUT2D eigenvalue weighted by atomic mass is 35.5. The van der Waals surface area contributed by atoms with Crippen LogP contribution in [0.2, 0.25) is 5.02 Å². The Morgan fingerprint density at radius 3 is 2.48 bits per heavy atom. The van der Waals surface area contributed by atoms with E-state index in [4.69, 9.17) is 21.1 Å². The van der Waals surface area contributed by atoms with Gasteiger partial charge in [-0.15, -0.1) is 0 Å². The highest BCUT2D eigenvalue weighted by molar-refractivity contribution is 6.30. The van der Waals surface area contributed by atoms with Crippen molar-refractivity contribution in [1.29, 1.82) is 0 Å². The first-order chi connectivity index (χ1) is 11.1. The summed E-state index contributed by atoms with van der Waals surface area (Å²) in [4.78, 5) is 12.1. The average Bonchev–Trinajstić information content (AvgIpc) is 2.56. The van der Waals surface area contributed by atoms with E-state index in [-0.39, 0.29) is 12.3 Å². The summed E-state index contributed by atoms with van der Waals surface area (Å²) in [5, 5.41) is 3.50. The minimum Gasteiger partial charge on any atom is -0.497 e. The Bertz CT molecular complexity index is 656. The van der Waals surface area contributed by atoms with Crippen molar-refractivity contribution in [1.82, 2.24) is 5.32 Å². The molecule has 23 heavy (non-hydrogen) atoms. The minimum atomic E-state index is -0.0564. The van der Waals surface area contributed by atoms with Gasteiger partial charge in [-0.05, 0) is 42.3 Å². The van der Waals surface area contributed by atoms with Crippen molar-refractivity contribution in [3.05, 3.63) is 58.6 Å². The molecule has 2 aromatic rings. The summed E-state index contributed by atoms with van der Waals surface area (Å²) in [6, 6.07) is 13.1. The first-order valence-corrected chi connectivity index (χ1v) is 7.72. The zero-order chi connectivity index (χ0) is 16.7. The van der Waals surface area contributed by atoms with E-state index in [9.17, 15) is 4.79 Å². The molecule has 5 heteroatoms. The lowest BCUT2D eigenvalue weighted by atomic mass is 10.1. The summed E-state index contributed by atoms with van der Waals surface area (Å²) in [5.74, 6) is 1.43. The summed E-state index contributed by atoms with van der Waals surface area (Å²) in [5.41, 5.74) is 1.92. The van der Waals surface area contributed by atoms with E-state index in [1.807, 2.05) is 24.3 Å². The molecule has 0 aliphatic rings. The van der Waals surface area contributed by atoms with Crippen LogP contribution in [-0.2, 0) is 17.6 Å². The molecular weight excluding hydrogens is 314 g/mol. The Morgan fingerprint density at radius 1 is 1.09 bits per heavy atom. The number of halogens is 1. The van der Waals surface area contributed by atoms with Crippen LogP contribution in [0.25, 0.3) is 0 Å². The van der Waals surface area contributed by atoms with Crippen molar-refractivity contribution in [3.8, 4) is 11.5 Å². The molecule has 0 fully saturated rings. The zero-order valence-corrected chi connectivity index (χ0v) is 14.0. The Kier molecular flexibility index (Phi) is 6.29. The predicted molar refractivity (Wildman–Crippen MR) is 91.4 cm³/mol. The largest absolute Gasteiger partial charge is 0.497 e. The molecular formula is C18H20ClNO3. The molecule has 4 nitrogen and oxygen atoms in total. The highest BCUT2D eigenvalue weighted by Gasteiger charge is 2.09. The lowest BCUT2D eigenvalue weighted by Crippen LogP contribution is -2.27. The van der Waals surface area contributed by atoms with Gasteiger partial charge in [0.2, 0.25) is 5.91 Å².